The van der Waals surface area contributed by atoms with Gasteiger partial charge in [-0.1, -0.05) is 18.2 Å². The molecule has 0 saturated heterocycles. The number of hydrogen-bond acceptors (Lipinski definition) is 2. The fourth-order valence-electron chi connectivity index (χ4n) is 2.86. The van der Waals surface area contributed by atoms with Gasteiger partial charge in [0, 0.05) is 20.5 Å². The summed E-state index contributed by atoms with van der Waals surface area (Å²) in [6.07, 6.45) is 9.22. The summed E-state index contributed by atoms with van der Waals surface area (Å²) in [4.78, 5) is 0. The Bertz CT molecular complexity index is 510. The van der Waals surface area contributed by atoms with Crippen LogP contribution in [0, 0.1) is 0 Å². The van der Waals surface area contributed by atoms with Crippen molar-refractivity contribution < 1.29 is 0 Å². The van der Waals surface area contributed by atoms with E-state index in [9.17, 15) is 0 Å². The molecule has 0 radical (unpaired) electrons. The van der Waals surface area contributed by atoms with Gasteiger partial charge in [0.1, 0.15) is 0 Å². The lowest BCUT2D eigenvalue weighted by Crippen LogP contribution is -2.13. The first kappa shape index (κ1) is 10.6. The Labute approximate surface area is 103 Å². The lowest BCUT2D eigenvalue weighted by molar-refractivity contribution is 0.437. The fourth-order valence-corrected chi connectivity index (χ4v) is 2.86. The summed E-state index contributed by atoms with van der Waals surface area (Å²) in [5.41, 5.74) is 7.20. The van der Waals surface area contributed by atoms with Gasteiger partial charge in [0.15, 0.2) is 0 Å². The van der Waals surface area contributed by atoms with Crippen molar-refractivity contribution in [3.05, 3.63) is 40.5 Å². The maximum atomic E-state index is 4.49. The van der Waals surface area contributed by atoms with Gasteiger partial charge in [-0.25, -0.2) is 0 Å². The topological polar surface area (TPSA) is 15.6 Å². The Balaban J connectivity index is 2.01. The zero-order valence-corrected chi connectivity index (χ0v) is 10.5. The Morgan fingerprint density at radius 1 is 1.06 bits per heavy atom. The molecule has 0 atom stereocenters. The molecule has 0 amide bonds. The van der Waals surface area contributed by atoms with E-state index in [4.69, 9.17) is 0 Å². The second-order valence-corrected chi connectivity index (χ2v) is 5.08. The van der Waals surface area contributed by atoms with Gasteiger partial charge in [-0.2, -0.15) is 5.10 Å². The van der Waals surface area contributed by atoms with Crippen LogP contribution in [0.5, 0.6) is 0 Å². The molecule has 2 nitrogen and oxygen atoms in total. The maximum Gasteiger partial charge on any atom is 0.0649 e. The van der Waals surface area contributed by atoms with E-state index in [-0.39, 0.29) is 0 Å². The normalized spacial score (nSPS) is 19.3. The molecular formula is C15H18N2. The van der Waals surface area contributed by atoms with E-state index < -0.39 is 0 Å². The average molecular weight is 226 g/mol. The van der Waals surface area contributed by atoms with Gasteiger partial charge in [-0.15, -0.1) is 0 Å². The standard InChI is InChI=1S/C15H18N2/c1-17(2)16-13-8-9-15-12(10-13)7-6-11-4-3-5-14(11)15/h6-9H,3-5,10H2,1-2H3. The zero-order chi connectivity index (χ0) is 11.8. The summed E-state index contributed by atoms with van der Waals surface area (Å²) in [6.45, 7) is 0. The number of hydrazone groups is 1. The maximum absolute atomic E-state index is 4.49. The lowest BCUT2D eigenvalue weighted by atomic mass is 9.90. The average Bonchev–Trinajstić information content (AvgIpc) is 2.76. The first-order valence-corrected chi connectivity index (χ1v) is 6.30. The number of rotatable bonds is 1. The first-order chi connectivity index (χ1) is 8.24. The number of aryl methyl sites for hydroxylation is 1. The molecule has 0 bridgehead atoms. The summed E-state index contributed by atoms with van der Waals surface area (Å²) >= 11 is 0. The molecule has 2 aliphatic rings. The molecular weight excluding hydrogens is 208 g/mol. The van der Waals surface area contributed by atoms with Crippen LogP contribution in [0.15, 0.2) is 23.3 Å². The van der Waals surface area contributed by atoms with Crippen molar-refractivity contribution in [1.82, 2.24) is 5.01 Å². The highest BCUT2D eigenvalue weighted by Gasteiger charge is 2.19. The molecule has 2 aliphatic carbocycles. The predicted octanol–water partition coefficient (Wildman–Crippen LogP) is 2.66. The number of allylic oxidation sites excluding steroid dienone is 1. The predicted molar refractivity (Wildman–Crippen MR) is 72.3 cm³/mol. The molecule has 0 aromatic heterocycles. The van der Waals surface area contributed by atoms with Gasteiger partial charge in [0.05, 0.1) is 5.71 Å². The second-order valence-electron chi connectivity index (χ2n) is 5.08. The zero-order valence-electron chi connectivity index (χ0n) is 10.5. The highest BCUT2D eigenvalue weighted by atomic mass is 15.4. The SMILES string of the molecule is CN(C)N=C1C=Cc2c(ccc3c2CCC3)C1. The fraction of sp³-hybridized carbons (Fsp3) is 0.400. The highest BCUT2D eigenvalue weighted by molar-refractivity contribution is 6.02. The van der Waals surface area contributed by atoms with E-state index in [1.54, 1.807) is 11.1 Å². The van der Waals surface area contributed by atoms with E-state index >= 15 is 0 Å². The molecule has 1 aromatic rings. The Hall–Kier alpha value is -1.57. The molecule has 0 spiro atoms. The number of fused-ring (bicyclic) bond motifs is 3. The summed E-state index contributed by atoms with van der Waals surface area (Å²) in [5, 5.41) is 6.37. The van der Waals surface area contributed by atoms with Crippen LogP contribution in [0.4, 0.5) is 0 Å². The van der Waals surface area contributed by atoms with Crippen molar-refractivity contribution in [2.24, 2.45) is 5.10 Å². The minimum atomic E-state index is 0.970. The van der Waals surface area contributed by atoms with Crippen LogP contribution in [0.1, 0.15) is 28.7 Å². The van der Waals surface area contributed by atoms with Crippen molar-refractivity contribution in [3.8, 4) is 0 Å². The van der Waals surface area contributed by atoms with Crippen LogP contribution in [0.25, 0.3) is 6.08 Å². The van der Waals surface area contributed by atoms with Crippen LogP contribution >= 0.6 is 0 Å². The van der Waals surface area contributed by atoms with Crippen molar-refractivity contribution >= 4 is 11.8 Å². The summed E-state index contributed by atoms with van der Waals surface area (Å²) in [5.74, 6) is 0. The molecule has 0 saturated carbocycles. The smallest absolute Gasteiger partial charge is 0.0649 e. The first-order valence-electron chi connectivity index (χ1n) is 6.30. The van der Waals surface area contributed by atoms with Crippen molar-refractivity contribution in [1.29, 1.82) is 0 Å². The van der Waals surface area contributed by atoms with E-state index in [2.05, 4.69) is 29.4 Å². The number of hydrogen-bond donors (Lipinski definition) is 0. The Morgan fingerprint density at radius 3 is 2.71 bits per heavy atom. The number of nitrogens with zero attached hydrogens (tertiary/aromatic N) is 2. The van der Waals surface area contributed by atoms with Crippen molar-refractivity contribution in [2.75, 3.05) is 14.1 Å². The van der Waals surface area contributed by atoms with Gasteiger partial charge >= 0.3 is 0 Å². The second kappa shape index (κ2) is 4.02. The van der Waals surface area contributed by atoms with E-state index in [0.29, 0.717) is 0 Å². The molecule has 17 heavy (non-hydrogen) atoms. The molecule has 3 rings (SSSR count). The molecule has 0 N–H and O–H groups in total. The third-order valence-electron chi connectivity index (χ3n) is 3.56. The van der Waals surface area contributed by atoms with E-state index in [1.807, 2.05) is 19.1 Å². The molecule has 0 heterocycles. The van der Waals surface area contributed by atoms with Gasteiger partial charge < -0.3 is 5.01 Å². The third kappa shape index (κ3) is 1.88. The minimum absolute atomic E-state index is 0.970. The van der Waals surface area contributed by atoms with Crippen molar-refractivity contribution in [2.45, 2.75) is 25.7 Å². The molecule has 0 aliphatic heterocycles. The van der Waals surface area contributed by atoms with Gasteiger partial charge in [-0.05, 0) is 47.6 Å². The van der Waals surface area contributed by atoms with E-state index in [1.165, 1.54) is 30.4 Å². The largest absolute Gasteiger partial charge is 0.303 e. The molecule has 2 heteroatoms. The van der Waals surface area contributed by atoms with Crippen LogP contribution in [-0.4, -0.2) is 24.8 Å². The minimum Gasteiger partial charge on any atom is -0.303 e. The Kier molecular flexibility index (Phi) is 2.50. The third-order valence-corrected chi connectivity index (χ3v) is 3.56. The van der Waals surface area contributed by atoms with Crippen molar-refractivity contribution in [3.63, 3.8) is 0 Å². The van der Waals surface area contributed by atoms with E-state index in [0.717, 1.165) is 12.1 Å². The summed E-state index contributed by atoms with van der Waals surface area (Å²) < 4.78 is 0. The Morgan fingerprint density at radius 2 is 1.88 bits per heavy atom. The number of benzene rings is 1. The van der Waals surface area contributed by atoms with Gasteiger partial charge in [-0.3, -0.25) is 0 Å². The van der Waals surface area contributed by atoms with Crippen LogP contribution in [-0.2, 0) is 19.3 Å². The molecule has 0 fully saturated rings. The lowest BCUT2D eigenvalue weighted by Gasteiger charge is -2.17. The van der Waals surface area contributed by atoms with Gasteiger partial charge in [0.2, 0.25) is 0 Å². The quantitative estimate of drug-likeness (QED) is 0.672. The van der Waals surface area contributed by atoms with Crippen LogP contribution in [0.3, 0.4) is 0 Å². The molecule has 1 aromatic carbocycles. The summed E-state index contributed by atoms with van der Waals surface area (Å²) in [6, 6.07) is 4.60. The van der Waals surface area contributed by atoms with Gasteiger partial charge in [0.25, 0.3) is 0 Å². The van der Waals surface area contributed by atoms with Crippen LogP contribution < -0.4 is 0 Å². The molecule has 88 valence electrons. The summed E-state index contributed by atoms with van der Waals surface area (Å²) in [7, 11) is 3.94. The monoisotopic (exact) mass is 226 g/mol. The van der Waals surface area contributed by atoms with Crippen LogP contribution in [0.2, 0.25) is 0 Å². The highest BCUT2D eigenvalue weighted by Crippen LogP contribution is 2.31. The molecule has 0 unspecified atom stereocenters.